The zero-order valence-corrected chi connectivity index (χ0v) is 6.03. The van der Waals surface area contributed by atoms with Crippen molar-refractivity contribution in [2.24, 2.45) is 0 Å². The standard InChI is InChI=1S/C6H9Br/c1-3-5-6(7)4-2/h3-4H,1,5H2,2H3/b6-4-. The van der Waals surface area contributed by atoms with E-state index in [9.17, 15) is 0 Å². The Morgan fingerprint density at radius 1 is 1.86 bits per heavy atom. The van der Waals surface area contributed by atoms with Crippen LogP contribution in [0.3, 0.4) is 0 Å². The number of rotatable bonds is 2. The Morgan fingerprint density at radius 2 is 2.43 bits per heavy atom. The summed E-state index contributed by atoms with van der Waals surface area (Å²) in [6, 6.07) is 0. The van der Waals surface area contributed by atoms with Gasteiger partial charge in [0.25, 0.3) is 0 Å². The largest absolute Gasteiger partial charge is 0.103 e. The van der Waals surface area contributed by atoms with Gasteiger partial charge in [-0.05, 0) is 17.8 Å². The summed E-state index contributed by atoms with van der Waals surface area (Å²) in [5, 5.41) is 0. The lowest BCUT2D eigenvalue weighted by Crippen LogP contribution is -1.60. The second-order valence-corrected chi connectivity index (χ2v) is 2.25. The van der Waals surface area contributed by atoms with Crippen molar-refractivity contribution in [3.8, 4) is 0 Å². The topological polar surface area (TPSA) is 0 Å². The molecule has 0 fully saturated rings. The van der Waals surface area contributed by atoms with Crippen molar-refractivity contribution < 1.29 is 0 Å². The Kier molecular flexibility index (Phi) is 4.10. The molecule has 0 atom stereocenters. The van der Waals surface area contributed by atoms with Gasteiger partial charge in [-0.2, -0.15) is 0 Å². The minimum absolute atomic E-state index is 0.941. The van der Waals surface area contributed by atoms with Gasteiger partial charge in [0.1, 0.15) is 0 Å². The molecule has 0 radical (unpaired) electrons. The third kappa shape index (κ3) is 3.80. The van der Waals surface area contributed by atoms with Crippen LogP contribution in [0.4, 0.5) is 0 Å². The maximum absolute atomic E-state index is 3.58. The van der Waals surface area contributed by atoms with Crippen molar-refractivity contribution in [2.45, 2.75) is 13.3 Å². The summed E-state index contributed by atoms with van der Waals surface area (Å²) in [5.41, 5.74) is 0. The molecule has 0 aromatic carbocycles. The van der Waals surface area contributed by atoms with Gasteiger partial charge in [0.15, 0.2) is 0 Å². The fourth-order valence-corrected chi connectivity index (χ4v) is 0.485. The first-order chi connectivity index (χ1) is 3.31. The van der Waals surface area contributed by atoms with E-state index in [1.54, 1.807) is 0 Å². The minimum Gasteiger partial charge on any atom is -0.103 e. The van der Waals surface area contributed by atoms with Crippen LogP contribution in [-0.4, -0.2) is 0 Å². The number of allylic oxidation sites excluding steroid dienone is 3. The van der Waals surface area contributed by atoms with Crippen LogP contribution in [0.5, 0.6) is 0 Å². The predicted molar refractivity (Wildman–Crippen MR) is 37.5 cm³/mol. The van der Waals surface area contributed by atoms with Gasteiger partial charge in [0.05, 0.1) is 0 Å². The minimum atomic E-state index is 0.941. The Bertz CT molecular complexity index is 82.2. The lowest BCUT2D eigenvalue weighted by atomic mass is 10.4. The van der Waals surface area contributed by atoms with Crippen LogP contribution >= 0.6 is 15.9 Å². The molecule has 1 heteroatoms. The number of hydrogen-bond donors (Lipinski definition) is 0. The molecule has 0 heterocycles. The molecule has 0 rings (SSSR count). The Balaban J connectivity index is 3.36. The Morgan fingerprint density at radius 3 is 2.57 bits per heavy atom. The number of halogens is 1. The van der Waals surface area contributed by atoms with Crippen LogP contribution in [0.25, 0.3) is 0 Å². The maximum atomic E-state index is 3.58. The lowest BCUT2D eigenvalue weighted by Gasteiger charge is -1.84. The summed E-state index contributed by atoms with van der Waals surface area (Å²) in [6.45, 7) is 5.57. The first-order valence-corrected chi connectivity index (χ1v) is 3.02. The highest BCUT2D eigenvalue weighted by Gasteiger charge is 1.78. The van der Waals surface area contributed by atoms with Gasteiger partial charge >= 0.3 is 0 Å². The summed E-state index contributed by atoms with van der Waals surface area (Å²) < 4.78 is 1.20. The molecular formula is C6H9Br. The van der Waals surface area contributed by atoms with E-state index in [1.165, 1.54) is 4.48 Å². The van der Waals surface area contributed by atoms with E-state index < -0.39 is 0 Å². The fraction of sp³-hybridized carbons (Fsp3) is 0.333. The Hall–Kier alpha value is -0.0400. The summed E-state index contributed by atoms with van der Waals surface area (Å²) in [4.78, 5) is 0. The molecule has 0 aliphatic heterocycles. The van der Waals surface area contributed by atoms with Crippen molar-refractivity contribution >= 4 is 15.9 Å². The van der Waals surface area contributed by atoms with Crippen LogP contribution in [0.1, 0.15) is 13.3 Å². The van der Waals surface area contributed by atoms with E-state index in [-0.39, 0.29) is 0 Å². The molecule has 0 unspecified atom stereocenters. The van der Waals surface area contributed by atoms with E-state index in [4.69, 9.17) is 0 Å². The smallest absolute Gasteiger partial charge is 0.00370 e. The van der Waals surface area contributed by atoms with Gasteiger partial charge in [0.2, 0.25) is 0 Å². The quantitative estimate of drug-likeness (QED) is 0.546. The molecule has 0 bridgehead atoms. The molecule has 0 aliphatic carbocycles. The fourth-order valence-electron chi connectivity index (χ4n) is 0.256. The zero-order chi connectivity index (χ0) is 5.70. The highest BCUT2D eigenvalue weighted by molar-refractivity contribution is 9.11. The predicted octanol–water partition coefficient (Wildman–Crippen LogP) is 2.86. The third-order valence-electron chi connectivity index (χ3n) is 0.653. The first kappa shape index (κ1) is 6.96. The van der Waals surface area contributed by atoms with Crippen molar-refractivity contribution in [3.63, 3.8) is 0 Å². The molecule has 0 amide bonds. The van der Waals surface area contributed by atoms with Crippen LogP contribution in [-0.2, 0) is 0 Å². The summed E-state index contributed by atoms with van der Waals surface area (Å²) in [6.07, 6.45) is 4.82. The SMILES string of the molecule is C=CC/C(Br)=C/C. The highest BCUT2D eigenvalue weighted by Crippen LogP contribution is 2.08. The first-order valence-electron chi connectivity index (χ1n) is 2.23. The highest BCUT2D eigenvalue weighted by atomic mass is 79.9. The van der Waals surface area contributed by atoms with Crippen LogP contribution in [0.2, 0.25) is 0 Å². The van der Waals surface area contributed by atoms with Gasteiger partial charge in [-0.25, -0.2) is 0 Å². The number of hydrogen-bond acceptors (Lipinski definition) is 0. The van der Waals surface area contributed by atoms with E-state index in [0.29, 0.717) is 0 Å². The summed E-state index contributed by atoms with van der Waals surface area (Å²) >= 11 is 3.33. The molecule has 0 spiro atoms. The average molecular weight is 161 g/mol. The van der Waals surface area contributed by atoms with Crippen molar-refractivity contribution in [1.29, 1.82) is 0 Å². The third-order valence-corrected chi connectivity index (χ3v) is 1.43. The molecule has 0 nitrogen and oxygen atoms in total. The van der Waals surface area contributed by atoms with Crippen LogP contribution in [0, 0.1) is 0 Å². The van der Waals surface area contributed by atoms with Gasteiger partial charge in [-0.3, -0.25) is 0 Å². The van der Waals surface area contributed by atoms with Gasteiger partial charge in [-0.1, -0.05) is 28.1 Å². The van der Waals surface area contributed by atoms with E-state index >= 15 is 0 Å². The second-order valence-electron chi connectivity index (χ2n) is 1.23. The van der Waals surface area contributed by atoms with Gasteiger partial charge in [-0.15, -0.1) is 6.58 Å². The molecule has 7 heavy (non-hydrogen) atoms. The molecule has 0 aromatic rings. The molecule has 0 aromatic heterocycles. The summed E-state index contributed by atoms with van der Waals surface area (Å²) in [7, 11) is 0. The lowest BCUT2D eigenvalue weighted by molar-refractivity contribution is 1.37. The second kappa shape index (κ2) is 4.13. The molecule has 0 N–H and O–H groups in total. The molecule has 0 aliphatic rings. The van der Waals surface area contributed by atoms with Crippen LogP contribution < -0.4 is 0 Å². The summed E-state index contributed by atoms with van der Waals surface area (Å²) in [5.74, 6) is 0. The average Bonchev–Trinajstić information content (AvgIpc) is 1.68. The Labute approximate surface area is 53.1 Å². The van der Waals surface area contributed by atoms with E-state index in [1.807, 2.05) is 19.1 Å². The molecule has 40 valence electrons. The van der Waals surface area contributed by atoms with Crippen molar-refractivity contribution in [3.05, 3.63) is 23.2 Å². The molecule has 0 saturated heterocycles. The van der Waals surface area contributed by atoms with E-state index in [2.05, 4.69) is 22.5 Å². The van der Waals surface area contributed by atoms with E-state index in [0.717, 1.165) is 6.42 Å². The van der Waals surface area contributed by atoms with Crippen molar-refractivity contribution in [2.75, 3.05) is 0 Å². The van der Waals surface area contributed by atoms with Crippen LogP contribution in [0.15, 0.2) is 23.2 Å². The maximum Gasteiger partial charge on any atom is -0.00370 e. The zero-order valence-electron chi connectivity index (χ0n) is 4.45. The normalized spacial score (nSPS) is 11.4. The molecule has 0 saturated carbocycles. The van der Waals surface area contributed by atoms with Gasteiger partial charge in [0, 0.05) is 0 Å². The van der Waals surface area contributed by atoms with Gasteiger partial charge < -0.3 is 0 Å². The molecular weight excluding hydrogens is 152 g/mol. The monoisotopic (exact) mass is 160 g/mol. The van der Waals surface area contributed by atoms with Crippen molar-refractivity contribution in [1.82, 2.24) is 0 Å².